The molecule has 1 atom stereocenters. The van der Waals surface area contributed by atoms with Crippen molar-refractivity contribution in [2.24, 2.45) is 5.73 Å². The van der Waals surface area contributed by atoms with Crippen molar-refractivity contribution in [1.82, 2.24) is 0 Å². The average Bonchev–Trinajstić information content (AvgIpc) is 2.35. The number of carbonyl (C=O) groups is 1. The van der Waals surface area contributed by atoms with Crippen molar-refractivity contribution in [1.29, 1.82) is 0 Å². The molecule has 1 unspecified atom stereocenters. The van der Waals surface area contributed by atoms with Crippen LogP contribution in [0.3, 0.4) is 0 Å². The number of thioether (sulfide) groups is 1. The first-order valence-corrected chi connectivity index (χ1v) is 6.91. The SMILES string of the molecule is CSCCC(N)c1ccc2c(c1)NC(=O)CO2. The van der Waals surface area contributed by atoms with Gasteiger partial charge in [-0.3, -0.25) is 4.79 Å². The fourth-order valence-corrected chi connectivity index (χ4v) is 2.23. The maximum Gasteiger partial charge on any atom is 0.262 e. The van der Waals surface area contributed by atoms with Crippen LogP contribution in [0.5, 0.6) is 5.75 Å². The molecule has 92 valence electrons. The summed E-state index contributed by atoms with van der Waals surface area (Å²) < 4.78 is 5.29. The van der Waals surface area contributed by atoms with Crippen LogP contribution in [0.25, 0.3) is 0 Å². The Morgan fingerprint density at radius 3 is 3.18 bits per heavy atom. The van der Waals surface area contributed by atoms with Gasteiger partial charge in [-0.15, -0.1) is 0 Å². The van der Waals surface area contributed by atoms with Crippen molar-refractivity contribution in [3.8, 4) is 5.75 Å². The third kappa shape index (κ3) is 2.92. The Morgan fingerprint density at radius 2 is 2.41 bits per heavy atom. The van der Waals surface area contributed by atoms with Crippen molar-refractivity contribution < 1.29 is 9.53 Å². The summed E-state index contributed by atoms with van der Waals surface area (Å²) >= 11 is 1.78. The molecule has 0 spiro atoms. The van der Waals surface area contributed by atoms with Crippen molar-refractivity contribution in [3.05, 3.63) is 23.8 Å². The number of nitrogens with two attached hydrogens (primary N) is 1. The number of nitrogens with one attached hydrogen (secondary N) is 1. The Morgan fingerprint density at radius 1 is 1.59 bits per heavy atom. The number of fused-ring (bicyclic) bond motifs is 1. The molecule has 0 fully saturated rings. The highest BCUT2D eigenvalue weighted by Gasteiger charge is 2.17. The van der Waals surface area contributed by atoms with Gasteiger partial charge < -0.3 is 15.8 Å². The quantitative estimate of drug-likeness (QED) is 0.857. The smallest absolute Gasteiger partial charge is 0.262 e. The lowest BCUT2D eigenvalue weighted by atomic mass is 10.0. The van der Waals surface area contributed by atoms with Gasteiger partial charge in [0.25, 0.3) is 5.91 Å². The lowest BCUT2D eigenvalue weighted by Crippen LogP contribution is -2.25. The minimum Gasteiger partial charge on any atom is -0.482 e. The summed E-state index contributed by atoms with van der Waals surface area (Å²) in [5, 5.41) is 2.79. The Bertz CT molecular complexity index is 423. The topological polar surface area (TPSA) is 64.3 Å². The highest BCUT2D eigenvalue weighted by molar-refractivity contribution is 7.98. The number of anilines is 1. The maximum atomic E-state index is 11.2. The van der Waals surface area contributed by atoms with Gasteiger partial charge in [0, 0.05) is 6.04 Å². The molecule has 0 bridgehead atoms. The van der Waals surface area contributed by atoms with Crippen molar-refractivity contribution in [3.63, 3.8) is 0 Å². The third-order valence-electron chi connectivity index (χ3n) is 2.70. The number of hydrogen-bond acceptors (Lipinski definition) is 4. The monoisotopic (exact) mass is 252 g/mol. The Labute approximate surface area is 105 Å². The van der Waals surface area contributed by atoms with Gasteiger partial charge >= 0.3 is 0 Å². The molecule has 0 radical (unpaired) electrons. The molecule has 4 nitrogen and oxygen atoms in total. The predicted molar refractivity (Wildman–Crippen MR) is 70.5 cm³/mol. The van der Waals surface area contributed by atoms with Gasteiger partial charge in [0.05, 0.1) is 5.69 Å². The number of benzene rings is 1. The van der Waals surface area contributed by atoms with E-state index >= 15 is 0 Å². The van der Waals surface area contributed by atoms with Crippen LogP contribution >= 0.6 is 11.8 Å². The van der Waals surface area contributed by atoms with E-state index in [1.165, 1.54) is 0 Å². The summed E-state index contributed by atoms with van der Waals surface area (Å²) in [5.74, 6) is 1.62. The zero-order valence-corrected chi connectivity index (χ0v) is 10.5. The lowest BCUT2D eigenvalue weighted by molar-refractivity contribution is -0.118. The van der Waals surface area contributed by atoms with E-state index in [0.717, 1.165) is 23.4 Å². The van der Waals surface area contributed by atoms with Gasteiger partial charge in [-0.25, -0.2) is 0 Å². The van der Waals surface area contributed by atoms with E-state index in [9.17, 15) is 4.79 Å². The first-order valence-electron chi connectivity index (χ1n) is 5.52. The standard InChI is InChI=1S/C12H16N2O2S/c1-17-5-4-9(13)8-2-3-11-10(6-8)14-12(15)7-16-11/h2-3,6,9H,4-5,7,13H2,1H3,(H,14,15). The zero-order chi connectivity index (χ0) is 12.3. The molecule has 2 rings (SSSR count). The molecule has 3 N–H and O–H groups in total. The van der Waals surface area contributed by atoms with Crippen LogP contribution in [0.1, 0.15) is 18.0 Å². The fourth-order valence-electron chi connectivity index (χ4n) is 1.74. The molecular formula is C12H16N2O2S. The molecule has 0 aliphatic carbocycles. The van der Waals surface area contributed by atoms with Crippen LogP contribution < -0.4 is 15.8 Å². The van der Waals surface area contributed by atoms with E-state index in [2.05, 4.69) is 11.6 Å². The predicted octanol–water partition coefficient (Wildman–Crippen LogP) is 1.77. The van der Waals surface area contributed by atoms with E-state index in [-0.39, 0.29) is 18.6 Å². The van der Waals surface area contributed by atoms with Gasteiger partial charge in [-0.1, -0.05) is 6.07 Å². The second-order valence-corrected chi connectivity index (χ2v) is 4.97. The van der Waals surface area contributed by atoms with Gasteiger partial charge in [0.2, 0.25) is 0 Å². The minimum absolute atomic E-state index is 0.00609. The fraction of sp³-hybridized carbons (Fsp3) is 0.417. The highest BCUT2D eigenvalue weighted by Crippen LogP contribution is 2.30. The first-order chi connectivity index (χ1) is 8.20. The molecule has 1 aliphatic rings. The van der Waals surface area contributed by atoms with Gasteiger partial charge in [-0.2, -0.15) is 11.8 Å². The summed E-state index contributed by atoms with van der Waals surface area (Å²) in [6, 6.07) is 5.73. The second-order valence-electron chi connectivity index (χ2n) is 3.98. The molecule has 1 aliphatic heterocycles. The summed E-state index contributed by atoms with van der Waals surface area (Å²) in [4.78, 5) is 11.2. The number of hydrogen-bond donors (Lipinski definition) is 2. The van der Waals surface area contributed by atoms with Crippen molar-refractivity contribution in [2.75, 3.05) is 23.9 Å². The molecule has 1 aromatic rings. The van der Waals surface area contributed by atoms with Crippen LogP contribution in [0.15, 0.2) is 18.2 Å². The molecule has 0 saturated carbocycles. The van der Waals surface area contributed by atoms with E-state index in [1.54, 1.807) is 11.8 Å². The minimum atomic E-state index is -0.118. The Hall–Kier alpha value is -1.20. The average molecular weight is 252 g/mol. The second kappa shape index (κ2) is 5.42. The van der Waals surface area contributed by atoms with Gasteiger partial charge in [-0.05, 0) is 36.1 Å². The Balaban J connectivity index is 2.14. The van der Waals surface area contributed by atoms with E-state index in [1.807, 2.05) is 18.2 Å². The van der Waals surface area contributed by atoms with Gasteiger partial charge in [0.15, 0.2) is 6.61 Å². The number of rotatable bonds is 4. The normalized spacial score (nSPS) is 15.8. The summed E-state index contributed by atoms with van der Waals surface area (Å²) in [5.41, 5.74) is 7.83. The lowest BCUT2D eigenvalue weighted by Gasteiger charge is -2.20. The van der Waals surface area contributed by atoms with Gasteiger partial charge in [0.1, 0.15) is 5.75 Å². The van der Waals surface area contributed by atoms with Crippen LogP contribution in [-0.4, -0.2) is 24.5 Å². The molecule has 0 saturated heterocycles. The molecule has 17 heavy (non-hydrogen) atoms. The molecule has 1 aromatic carbocycles. The summed E-state index contributed by atoms with van der Waals surface area (Å²) in [6.45, 7) is 0.0882. The summed E-state index contributed by atoms with van der Waals surface area (Å²) in [7, 11) is 0. The van der Waals surface area contributed by atoms with Crippen LogP contribution in [0, 0.1) is 0 Å². The Kier molecular flexibility index (Phi) is 3.91. The molecule has 1 amide bonds. The van der Waals surface area contributed by atoms with Crippen molar-refractivity contribution >= 4 is 23.4 Å². The number of ether oxygens (including phenoxy) is 1. The van der Waals surface area contributed by atoms with Crippen LogP contribution in [-0.2, 0) is 4.79 Å². The van der Waals surface area contributed by atoms with Crippen molar-refractivity contribution in [2.45, 2.75) is 12.5 Å². The molecular weight excluding hydrogens is 236 g/mol. The van der Waals surface area contributed by atoms with Crippen LogP contribution in [0.2, 0.25) is 0 Å². The highest BCUT2D eigenvalue weighted by atomic mass is 32.2. The number of amides is 1. The van der Waals surface area contributed by atoms with E-state index in [4.69, 9.17) is 10.5 Å². The van der Waals surface area contributed by atoms with E-state index < -0.39 is 0 Å². The third-order valence-corrected chi connectivity index (χ3v) is 3.34. The summed E-state index contributed by atoms with van der Waals surface area (Å²) in [6.07, 6.45) is 2.99. The van der Waals surface area contributed by atoms with E-state index in [0.29, 0.717) is 5.75 Å². The maximum absolute atomic E-state index is 11.2. The molecule has 1 heterocycles. The number of carbonyl (C=O) groups excluding carboxylic acids is 1. The zero-order valence-electron chi connectivity index (χ0n) is 9.73. The van der Waals surface area contributed by atoms with Crippen LogP contribution in [0.4, 0.5) is 5.69 Å². The molecule has 5 heteroatoms. The first kappa shape index (κ1) is 12.3. The largest absolute Gasteiger partial charge is 0.482 e. The molecule has 0 aromatic heterocycles.